The number of benzene rings is 2. The van der Waals surface area contributed by atoms with Gasteiger partial charge in [-0.2, -0.15) is 0 Å². The average Bonchev–Trinajstić information content (AvgIpc) is 3.60. The summed E-state index contributed by atoms with van der Waals surface area (Å²) in [5.74, 6) is 0.883. The first-order valence-electron chi connectivity index (χ1n) is 13.4. The number of H-pyrrole nitrogens is 1. The van der Waals surface area contributed by atoms with Gasteiger partial charge in [0.1, 0.15) is 11.7 Å². The normalized spacial score (nSPS) is 19.2. The lowest BCUT2D eigenvalue weighted by Crippen LogP contribution is -2.40. The summed E-state index contributed by atoms with van der Waals surface area (Å²) >= 11 is 0. The van der Waals surface area contributed by atoms with Crippen LogP contribution >= 0.6 is 24.8 Å². The van der Waals surface area contributed by atoms with Gasteiger partial charge in [-0.25, -0.2) is 22.5 Å². The number of aromatic amines is 1. The second-order valence-electron chi connectivity index (χ2n) is 10.6. The van der Waals surface area contributed by atoms with Crippen molar-refractivity contribution < 1.29 is 23.1 Å². The molecule has 3 heterocycles. The fourth-order valence-electron chi connectivity index (χ4n) is 5.84. The largest absolute Gasteiger partial charge is 0.465 e. The van der Waals surface area contributed by atoms with E-state index in [2.05, 4.69) is 15.3 Å². The van der Waals surface area contributed by atoms with Gasteiger partial charge in [-0.3, -0.25) is 15.5 Å². The number of nitrogens with one attached hydrogen (secondary N) is 3. The molecule has 3 aromatic rings. The maximum atomic E-state index is 13.8. The van der Waals surface area contributed by atoms with E-state index >= 15 is 0 Å². The fraction of sp³-hybridized carbons (Fsp3) is 0.357. The molecule has 0 bridgehead atoms. The third-order valence-corrected chi connectivity index (χ3v) is 9.33. The Hall–Kier alpha value is -3.65. The van der Waals surface area contributed by atoms with E-state index in [0.29, 0.717) is 48.7 Å². The molecule has 2 fully saturated rings. The van der Waals surface area contributed by atoms with Crippen LogP contribution in [-0.2, 0) is 10.0 Å². The molecule has 0 unspecified atom stereocenters. The van der Waals surface area contributed by atoms with Crippen LogP contribution < -0.4 is 11.1 Å². The van der Waals surface area contributed by atoms with Crippen LogP contribution in [0.1, 0.15) is 47.1 Å². The van der Waals surface area contributed by atoms with Gasteiger partial charge < -0.3 is 20.7 Å². The van der Waals surface area contributed by atoms with Gasteiger partial charge in [0, 0.05) is 36.4 Å². The number of carbonyl (C=O) groups is 2. The van der Waals surface area contributed by atoms with Crippen LogP contribution in [0.2, 0.25) is 0 Å². The van der Waals surface area contributed by atoms with Gasteiger partial charge in [0.2, 0.25) is 10.0 Å². The first-order valence-corrected chi connectivity index (χ1v) is 15.2. The van der Waals surface area contributed by atoms with E-state index in [-0.39, 0.29) is 54.4 Å². The maximum Gasteiger partial charge on any atom is 0.409 e. The molecule has 2 atom stereocenters. The van der Waals surface area contributed by atoms with Crippen molar-refractivity contribution in [3.63, 3.8) is 0 Å². The van der Waals surface area contributed by atoms with Crippen LogP contribution in [0.3, 0.4) is 0 Å². The van der Waals surface area contributed by atoms with Crippen molar-refractivity contribution in [3.05, 3.63) is 71.7 Å². The highest BCUT2D eigenvalue weighted by atomic mass is 35.5. The Morgan fingerprint density at radius 1 is 1.02 bits per heavy atom. The first-order chi connectivity index (χ1) is 19.5. The highest BCUT2D eigenvalue weighted by Crippen LogP contribution is 2.42. The van der Waals surface area contributed by atoms with Crippen LogP contribution in [0.4, 0.5) is 10.5 Å². The number of amidine groups is 1. The lowest BCUT2D eigenvalue weighted by Gasteiger charge is -2.33. The Labute approximate surface area is 262 Å². The number of carbonyl (C=O) groups excluding carboxylic acids is 1. The molecule has 2 aromatic carbocycles. The second kappa shape index (κ2) is 13.8. The molecule has 1 aromatic heterocycles. The SMILES string of the molecule is CS(=O)(=O)N1CCC([C@H]2C[C@@H](c3ncc(-c4ccc(NC(=O)O)cc4)[nH]3)N(C(=O)c3ccc(C(=N)N)cc3)C2)CC1.Cl.Cl. The zero-order chi connectivity index (χ0) is 29.3. The molecule has 232 valence electrons. The minimum absolute atomic E-state index is 0. The molecular weight excluding hydrogens is 617 g/mol. The molecule has 43 heavy (non-hydrogen) atoms. The number of aromatic nitrogens is 2. The number of piperidine rings is 1. The number of amides is 2. The standard InChI is InChI=1S/C28H33N7O5S.2ClH/c1-41(39,40)34-12-10-17(11-13-34)21-14-24(35(16-21)27(36)20-4-2-19(3-5-20)25(29)30)26-31-15-23(33-26)18-6-8-22(9-7-18)32-28(37)38;;/h2-9,15,17,21,24,32H,10-14,16H2,1H3,(H3,29,30)(H,31,33)(H,37,38);2*1H/t21-,24-;;/m0../s1. The van der Waals surface area contributed by atoms with Crippen molar-refractivity contribution >= 4 is 58.4 Å². The van der Waals surface area contributed by atoms with Crippen molar-refractivity contribution in [1.29, 1.82) is 5.41 Å². The molecule has 5 rings (SSSR count). The first kappa shape index (κ1) is 33.8. The van der Waals surface area contributed by atoms with Gasteiger partial charge >= 0.3 is 6.09 Å². The summed E-state index contributed by atoms with van der Waals surface area (Å²) in [6.45, 7) is 1.47. The Balaban J connectivity index is 0.00000253. The predicted octanol–water partition coefficient (Wildman–Crippen LogP) is 4.17. The molecule has 0 aliphatic carbocycles. The summed E-state index contributed by atoms with van der Waals surface area (Å²) in [5.41, 5.74) is 8.62. The molecule has 6 N–H and O–H groups in total. The van der Waals surface area contributed by atoms with E-state index in [9.17, 15) is 18.0 Å². The van der Waals surface area contributed by atoms with Crippen molar-refractivity contribution in [2.75, 3.05) is 31.2 Å². The third kappa shape index (κ3) is 7.66. The Morgan fingerprint density at radius 2 is 1.63 bits per heavy atom. The van der Waals surface area contributed by atoms with E-state index in [4.69, 9.17) is 16.2 Å². The number of hydrogen-bond acceptors (Lipinski definition) is 6. The summed E-state index contributed by atoms with van der Waals surface area (Å²) in [6.07, 6.45) is 3.97. The zero-order valence-corrected chi connectivity index (χ0v) is 25.8. The van der Waals surface area contributed by atoms with Crippen LogP contribution in [-0.4, -0.2) is 76.4 Å². The van der Waals surface area contributed by atoms with Gasteiger partial charge in [-0.05, 0) is 60.9 Å². The number of anilines is 1. The number of carboxylic acid groups (broad SMARTS) is 1. The van der Waals surface area contributed by atoms with Crippen molar-refractivity contribution in [2.45, 2.75) is 25.3 Å². The van der Waals surface area contributed by atoms with Gasteiger partial charge in [0.15, 0.2) is 0 Å². The van der Waals surface area contributed by atoms with Crippen molar-refractivity contribution in [2.24, 2.45) is 17.6 Å². The summed E-state index contributed by atoms with van der Waals surface area (Å²) in [4.78, 5) is 34.5. The van der Waals surface area contributed by atoms with Crippen LogP contribution in [0.25, 0.3) is 11.3 Å². The predicted molar refractivity (Wildman–Crippen MR) is 169 cm³/mol. The Bertz CT molecular complexity index is 1560. The van der Waals surface area contributed by atoms with Crippen LogP contribution in [0.5, 0.6) is 0 Å². The molecule has 0 spiro atoms. The van der Waals surface area contributed by atoms with Gasteiger partial charge in [0.05, 0.1) is 24.2 Å². The molecule has 2 saturated heterocycles. The highest BCUT2D eigenvalue weighted by Gasteiger charge is 2.42. The van der Waals surface area contributed by atoms with Crippen LogP contribution in [0, 0.1) is 17.2 Å². The number of imidazole rings is 1. The van der Waals surface area contributed by atoms with Gasteiger partial charge in [-0.15, -0.1) is 24.8 Å². The van der Waals surface area contributed by atoms with E-state index < -0.39 is 16.1 Å². The highest BCUT2D eigenvalue weighted by molar-refractivity contribution is 7.88. The number of nitrogens with two attached hydrogens (primary N) is 1. The van der Waals surface area contributed by atoms with E-state index in [0.717, 1.165) is 24.1 Å². The maximum absolute atomic E-state index is 13.8. The van der Waals surface area contributed by atoms with E-state index in [1.165, 1.54) is 10.6 Å². The molecule has 0 radical (unpaired) electrons. The number of rotatable bonds is 7. The van der Waals surface area contributed by atoms with E-state index in [1.807, 2.05) is 4.90 Å². The van der Waals surface area contributed by atoms with Gasteiger partial charge in [0.25, 0.3) is 5.91 Å². The average molecular weight is 653 g/mol. The summed E-state index contributed by atoms with van der Waals surface area (Å²) in [7, 11) is -3.23. The summed E-state index contributed by atoms with van der Waals surface area (Å²) in [6, 6.07) is 13.3. The van der Waals surface area contributed by atoms with Crippen molar-refractivity contribution in [1.82, 2.24) is 19.2 Å². The summed E-state index contributed by atoms with van der Waals surface area (Å²) in [5, 5.41) is 18.9. The number of sulfonamides is 1. The minimum Gasteiger partial charge on any atom is -0.465 e. The smallest absolute Gasteiger partial charge is 0.409 e. The van der Waals surface area contributed by atoms with Gasteiger partial charge in [-0.1, -0.05) is 24.3 Å². The lowest BCUT2D eigenvalue weighted by atomic mass is 9.83. The molecular formula is C28H35Cl2N7O5S. The molecule has 0 saturated carbocycles. The number of likely N-dealkylation sites (tertiary alicyclic amines) is 1. The zero-order valence-electron chi connectivity index (χ0n) is 23.4. The molecule has 15 heteroatoms. The second-order valence-corrected chi connectivity index (χ2v) is 12.6. The van der Waals surface area contributed by atoms with Crippen molar-refractivity contribution in [3.8, 4) is 11.3 Å². The molecule has 2 aliphatic rings. The number of halogens is 2. The summed E-state index contributed by atoms with van der Waals surface area (Å²) < 4.78 is 25.5. The Morgan fingerprint density at radius 3 is 2.19 bits per heavy atom. The van der Waals surface area contributed by atoms with Crippen LogP contribution in [0.15, 0.2) is 54.7 Å². The Kier molecular flexibility index (Phi) is 10.8. The topological polar surface area (TPSA) is 186 Å². The number of hydrogen-bond donors (Lipinski definition) is 5. The fourth-order valence-corrected chi connectivity index (χ4v) is 6.71. The monoisotopic (exact) mass is 651 g/mol. The molecule has 12 nitrogen and oxygen atoms in total. The molecule has 2 aliphatic heterocycles. The quantitative estimate of drug-likeness (QED) is 0.187. The minimum atomic E-state index is -3.23. The number of nitrogens with zero attached hydrogens (tertiary/aromatic N) is 3. The van der Waals surface area contributed by atoms with E-state index in [1.54, 1.807) is 54.7 Å². The lowest BCUT2D eigenvalue weighted by molar-refractivity contribution is 0.0720. The third-order valence-electron chi connectivity index (χ3n) is 8.03. The molecule has 2 amide bonds. The number of nitrogen functional groups attached to an aromatic ring is 1.